The lowest BCUT2D eigenvalue weighted by molar-refractivity contribution is -0.137. The normalized spacial score (nSPS) is 15.1. The van der Waals surface area contributed by atoms with Gasteiger partial charge in [-0.2, -0.15) is 0 Å². The van der Waals surface area contributed by atoms with E-state index >= 15 is 0 Å². The number of amides is 2. The van der Waals surface area contributed by atoms with Gasteiger partial charge in [-0.05, 0) is 24.6 Å². The number of carbonyl (C=O) groups is 2. The first-order chi connectivity index (χ1) is 11.5. The van der Waals surface area contributed by atoms with Crippen molar-refractivity contribution in [1.82, 2.24) is 4.90 Å². The van der Waals surface area contributed by atoms with Gasteiger partial charge in [-0.1, -0.05) is 43.7 Å². The second-order valence-electron chi connectivity index (χ2n) is 6.01. The summed E-state index contributed by atoms with van der Waals surface area (Å²) in [7, 11) is 0. The number of thioether (sulfide) groups is 1. The van der Waals surface area contributed by atoms with Crippen LogP contribution in [0.5, 0.6) is 0 Å². The van der Waals surface area contributed by atoms with Crippen molar-refractivity contribution in [2.45, 2.75) is 32.6 Å². The number of rotatable bonds is 5. The summed E-state index contributed by atoms with van der Waals surface area (Å²) in [6.45, 7) is 6.17. The molecular weight excluding hydrogens is 322 g/mol. The van der Waals surface area contributed by atoms with Crippen LogP contribution in [-0.2, 0) is 16.1 Å². The van der Waals surface area contributed by atoms with Gasteiger partial charge in [-0.25, -0.2) is 0 Å². The van der Waals surface area contributed by atoms with Gasteiger partial charge >= 0.3 is 0 Å². The Hall–Kier alpha value is -2.27. The molecule has 0 spiro atoms. The Morgan fingerprint density at radius 1 is 1.08 bits per heavy atom. The summed E-state index contributed by atoms with van der Waals surface area (Å²) < 4.78 is 5.29. The van der Waals surface area contributed by atoms with Gasteiger partial charge in [-0.15, -0.1) is 11.8 Å². The zero-order chi connectivity index (χ0) is 17.3. The Balaban J connectivity index is 2.00. The number of benzene rings is 1. The summed E-state index contributed by atoms with van der Waals surface area (Å²) in [6.07, 6.45) is 1.54. The van der Waals surface area contributed by atoms with Gasteiger partial charge in [0, 0.05) is 5.25 Å². The van der Waals surface area contributed by atoms with E-state index in [0.29, 0.717) is 16.2 Å². The third kappa shape index (κ3) is 3.17. The third-order valence-corrected chi connectivity index (χ3v) is 4.80. The summed E-state index contributed by atoms with van der Waals surface area (Å²) in [5.41, 5.74) is 2.39. The molecule has 0 aliphatic carbocycles. The molecule has 0 bridgehead atoms. The van der Waals surface area contributed by atoms with E-state index in [2.05, 4.69) is 0 Å². The van der Waals surface area contributed by atoms with Crippen molar-refractivity contribution in [1.29, 1.82) is 0 Å². The lowest BCUT2D eigenvalue weighted by Gasteiger charge is -2.13. The van der Waals surface area contributed by atoms with E-state index in [1.807, 2.05) is 45.0 Å². The molecule has 0 atom stereocenters. The summed E-state index contributed by atoms with van der Waals surface area (Å²) in [4.78, 5) is 27.5. The Labute approximate surface area is 145 Å². The molecule has 1 aromatic heterocycles. The molecule has 1 aliphatic heterocycles. The summed E-state index contributed by atoms with van der Waals surface area (Å²) in [5.74, 6) is 0.0878. The molecule has 5 heteroatoms. The SMILES string of the molecule is Cc1ccc(C2=C(SC(C)C)C(=O)N(Cc3ccco3)C2=O)cc1. The first kappa shape index (κ1) is 16.6. The number of furan rings is 1. The maximum atomic E-state index is 12.9. The van der Waals surface area contributed by atoms with Crippen molar-refractivity contribution in [2.24, 2.45) is 0 Å². The van der Waals surface area contributed by atoms with Crippen LogP contribution in [0.25, 0.3) is 5.57 Å². The minimum atomic E-state index is -0.261. The van der Waals surface area contributed by atoms with Crippen LogP contribution in [0.2, 0.25) is 0 Å². The van der Waals surface area contributed by atoms with Crippen molar-refractivity contribution in [3.05, 3.63) is 64.5 Å². The largest absolute Gasteiger partial charge is 0.467 e. The Morgan fingerprint density at radius 3 is 2.38 bits per heavy atom. The van der Waals surface area contributed by atoms with E-state index in [0.717, 1.165) is 11.1 Å². The highest BCUT2D eigenvalue weighted by Gasteiger charge is 2.39. The highest BCUT2D eigenvalue weighted by atomic mass is 32.2. The highest BCUT2D eigenvalue weighted by Crippen LogP contribution is 2.38. The Kier molecular flexibility index (Phi) is 4.62. The van der Waals surface area contributed by atoms with Crippen molar-refractivity contribution < 1.29 is 14.0 Å². The van der Waals surface area contributed by atoms with Crippen molar-refractivity contribution >= 4 is 29.1 Å². The molecule has 2 heterocycles. The maximum absolute atomic E-state index is 12.9. The van der Waals surface area contributed by atoms with Crippen LogP contribution in [0.15, 0.2) is 52.0 Å². The minimum absolute atomic E-state index is 0.155. The average Bonchev–Trinajstić information content (AvgIpc) is 3.12. The summed E-state index contributed by atoms with van der Waals surface area (Å²) in [6, 6.07) is 11.2. The lowest BCUT2D eigenvalue weighted by atomic mass is 10.0. The molecule has 0 fully saturated rings. The third-order valence-electron chi connectivity index (χ3n) is 3.71. The van der Waals surface area contributed by atoms with Gasteiger partial charge < -0.3 is 4.42 Å². The average molecular weight is 341 g/mol. The molecule has 0 saturated heterocycles. The van der Waals surface area contributed by atoms with Crippen LogP contribution in [0.4, 0.5) is 0 Å². The van der Waals surface area contributed by atoms with E-state index in [1.54, 1.807) is 18.4 Å². The Morgan fingerprint density at radius 2 is 1.79 bits per heavy atom. The minimum Gasteiger partial charge on any atom is -0.467 e. The molecule has 0 radical (unpaired) electrons. The van der Waals surface area contributed by atoms with Crippen LogP contribution in [-0.4, -0.2) is 22.0 Å². The van der Waals surface area contributed by atoms with E-state index in [4.69, 9.17) is 4.42 Å². The van der Waals surface area contributed by atoms with Crippen LogP contribution in [0.3, 0.4) is 0 Å². The fraction of sp³-hybridized carbons (Fsp3) is 0.263. The molecule has 124 valence electrons. The van der Waals surface area contributed by atoms with Gasteiger partial charge in [0.25, 0.3) is 11.8 Å². The van der Waals surface area contributed by atoms with Crippen molar-refractivity contribution in [3.63, 3.8) is 0 Å². The molecule has 1 aliphatic rings. The molecule has 4 nitrogen and oxygen atoms in total. The lowest BCUT2D eigenvalue weighted by Crippen LogP contribution is -2.30. The number of nitrogens with zero attached hydrogens (tertiary/aromatic N) is 1. The molecule has 2 amide bonds. The first-order valence-electron chi connectivity index (χ1n) is 7.84. The fourth-order valence-corrected chi connectivity index (χ4v) is 3.58. The molecule has 2 aromatic rings. The zero-order valence-electron chi connectivity index (χ0n) is 13.9. The number of aryl methyl sites for hydroxylation is 1. The van der Waals surface area contributed by atoms with Crippen molar-refractivity contribution in [2.75, 3.05) is 0 Å². The Bertz CT molecular complexity index is 789. The topological polar surface area (TPSA) is 50.5 Å². The quantitative estimate of drug-likeness (QED) is 0.771. The monoisotopic (exact) mass is 341 g/mol. The predicted octanol–water partition coefficient (Wildman–Crippen LogP) is 4.01. The van der Waals surface area contributed by atoms with E-state index in [-0.39, 0.29) is 23.6 Å². The smallest absolute Gasteiger partial charge is 0.268 e. The first-order valence-corrected chi connectivity index (χ1v) is 8.72. The van der Waals surface area contributed by atoms with Crippen LogP contribution in [0.1, 0.15) is 30.7 Å². The van der Waals surface area contributed by atoms with Gasteiger partial charge in [-0.3, -0.25) is 14.5 Å². The summed E-state index contributed by atoms with van der Waals surface area (Å²) >= 11 is 1.43. The van der Waals surface area contributed by atoms with E-state index in [1.165, 1.54) is 16.7 Å². The van der Waals surface area contributed by atoms with Gasteiger partial charge in [0.2, 0.25) is 0 Å². The van der Waals surface area contributed by atoms with Crippen LogP contribution >= 0.6 is 11.8 Å². The van der Waals surface area contributed by atoms with Gasteiger partial charge in [0.1, 0.15) is 5.76 Å². The number of hydrogen-bond donors (Lipinski definition) is 0. The van der Waals surface area contributed by atoms with Crippen molar-refractivity contribution in [3.8, 4) is 0 Å². The second-order valence-corrected chi connectivity index (χ2v) is 7.60. The molecule has 0 unspecified atom stereocenters. The fourth-order valence-electron chi connectivity index (χ4n) is 2.58. The standard InChI is InChI=1S/C19H19NO3S/c1-12(2)24-17-16(14-8-6-13(3)7-9-14)18(21)20(19(17)22)11-15-5-4-10-23-15/h4-10,12H,11H2,1-3H3. The van der Waals surface area contributed by atoms with Gasteiger partial charge in [0.05, 0.1) is 23.3 Å². The zero-order valence-corrected chi connectivity index (χ0v) is 14.7. The summed E-state index contributed by atoms with van der Waals surface area (Å²) in [5, 5.41) is 0.209. The van der Waals surface area contributed by atoms with Crippen LogP contribution < -0.4 is 0 Å². The molecule has 0 N–H and O–H groups in total. The number of imide groups is 1. The van der Waals surface area contributed by atoms with E-state index < -0.39 is 0 Å². The highest BCUT2D eigenvalue weighted by molar-refractivity contribution is 8.04. The molecular formula is C19H19NO3S. The maximum Gasteiger partial charge on any atom is 0.268 e. The number of hydrogen-bond acceptors (Lipinski definition) is 4. The molecule has 1 aromatic carbocycles. The molecule has 0 saturated carbocycles. The van der Waals surface area contributed by atoms with E-state index in [9.17, 15) is 9.59 Å². The molecule has 3 rings (SSSR count). The predicted molar refractivity (Wildman–Crippen MR) is 95.1 cm³/mol. The second kappa shape index (κ2) is 6.69. The number of carbonyl (C=O) groups excluding carboxylic acids is 2. The molecule has 24 heavy (non-hydrogen) atoms. The van der Waals surface area contributed by atoms with Crippen LogP contribution in [0, 0.1) is 6.92 Å². The van der Waals surface area contributed by atoms with Gasteiger partial charge in [0.15, 0.2) is 0 Å².